The largest absolute Gasteiger partial charge is 0.298 e. The predicted octanol–water partition coefficient (Wildman–Crippen LogP) is 4.90. The molecule has 1 fully saturated rings. The third-order valence-electron chi connectivity index (χ3n) is 4.97. The normalized spacial score (nSPS) is 18.7. The number of carbonyl (C=O) groups excluding carboxylic acids is 1. The first-order valence-corrected chi connectivity index (χ1v) is 9.12. The van der Waals surface area contributed by atoms with E-state index in [-0.39, 0.29) is 5.78 Å². The highest BCUT2D eigenvalue weighted by atomic mass is 16.1. The van der Waals surface area contributed by atoms with Gasteiger partial charge in [-0.3, -0.25) is 9.69 Å². The van der Waals surface area contributed by atoms with Gasteiger partial charge in [0.1, 0.15) is 0 Å². The summed E-state index contributed by atoms with van der Waals surface area (Å²) in [4.78, 5) is 15.3. The molecular formula is C24H27NO. The lowest BCUT2D eigenvalue weighted by molar-refractivity contribution is -0.113. The molecule has 2 aromatic rings. The maximum Gasteiger partial charge on any atom is 0.187 e. The zero-order valence-corrected chi connectivity index (χ0v) is 16.4. The van der Waals surface area contributed by atoms with E-state index in [1.165, 1.54) is 22.3 Å². The molecule has 1 aliphatic rings. The number of carbonyl (C=O) groups is 1. The summed E-state index contributed by atoms with van der Waals surface area (Å²) < 4.78 is 0. The lowest BCUT2D eigenvalue weighted by Crippen LogP contribution is -2.34. The van der Waals surface area contributed by atoms with Gasteiger partial charge < -0.3 is 0 Å². The maximum atomic E-state index is 13.1. The van der Waals surface area contributed by atoms with Crippen molar-refractivity contribution in [2.45, 2.75) is 27.7 Å². The number of hydrogen-bond donors (Lipinski definition) is 0. The minimum absolute atomic E-state index is 0.169. The summed E-state index contributed by atoms with van der Waals surface area (Å²) in [6.07, 6.45) is 4.12. The summed E-state index contributed by atoms with van der Waals surface area (Å²) in [5.74, 6) is 0.169. The van der Waals surface area contributed by atoms with Crippen molar-refractivity contribution in [3.8, 4) is 0 Å². The summed E-state index contributed by atoms with van der Waals surface area (Å²) >= 11 is 0. The Hall–Kier alpha value is -2.45. The number of benzene rings is 2. The van der Waals surface area contributed by atoms with Gasteiger partial charge in [0.15, 0.2) is 5.78 Å². The second kappa shape index (κ2) is 7.43. The van der Waals surface area contributed by atoms with E-state index in [1.54, 1.807) is 0 Å². The molecule has 1 aliphatic heterocycles. The van der Waals surface area contributed by atoms with E-state index in [0.29, 0.717) is 13.1 Å². The monoisotopic (exact) mass is 345 g/mol. The van der Waals surface area contributed by atoms with Gasteiger partial charge in [-0.15, -0.1) is 0 Å². The van der Waals surface area contributed by atoms with Gasteiger partial charge in [0.25, 0.3) is 0 Å². The summed E-state index contributed by atoms with van der Waals surface area (Å²) in [5, 5.41) is 0. The van der Waals surface area contributed by atoms with E-state index in [1.807, 2.05) is 0 Å². The molecule has 26 heavy (non-hydrogen) atoms. The van der Waals surface area contributed by atoms with Crippen molar-refractivity contribution in [3.63, 3.8) is 0 Å². The molecule has 2 aromatic carbocycles. The number of likely N-dealkylation sites (N-methyl/N-ethyl adjacent to an activating group) is 1. The molecule has 1 saturated heterocycles. The molecular weight excluding hydrogens is 318 g/mol. The third-order valence-corrected chi connectivity index (χ3v) is 4.97. The van der Waals surface area contributed by atoms with Gasteiger partial charge >= 0.3 is 0 Å². The average Bonchev–Trinajstić information content (AvgIpc) is 2.56. The summed E-state index contributed by atoms with van der Waals surface area (Å²) in [6, 6.07) is 12.7. The van der Waals surface area contributed by atoms with Crippen LogP contribution in [0.3, 0.4) is 0 Å². The molecule has 1 heterocycles. The molecule has 0 amide bonds. The number of likely N-dealkylation sites (tertiary alicyclic amines) is 1. The summed E-state index contributed by atoms with van der Waals surface area (Å²) in [6.45, 7) is 9.76. The van der Waals surface area contributed by atoms with Crippen molar-refractivity contribution in [3.05, 3.63) is 80.9 Å². The van der Waals surface area contributed by atoms with Gasteiger partial charge in [0.05, 0.1) is 0 Å². The fraction of sp³-hybridized carbons (Fsp3) is 0.292. The molecule has 2 nitrogen and oxygen atoms in total. The van der Waals surface area contributed by atoms with Crippen molar-refractivity contribution in [2.24, 2.45) is 0 Å². The first kappa shape index (κ1) is 18.3. The summed E-state index contributed by atoms with van der Waals surface area (Å²) in [7, 11) is 2.07. The number of hydrogen-bond acceptors (Lipinski definition) is 2. The Balaban J connectivity index is 1.97. The highest BCUT2D eigenvalue weighted by Crippen LogP contribution is 2.23. The Labute approximate surface area is 156 Å². The molecule has 0 aliphatic carbocycles. The van der Waals surface area contributed by atoms with Crippen molar-refractivity contribution >= 4 is 17.9 Å². The van der Waals surface area contributed by atoms with Crippen LogP contribution in [-0.4, -0.2) is 30.8 Å². The third kappa shape index (κ3) is 4.03. The molecule has 0 aromatic heterocycles. The minimum Gasteiger partial charge on any atom is -0.298 e. The molecule has 0 radical (unpaired) electrons. The second-order valence-corrected chi connectivity index (χ2v) is 7.56. The van der Waals surface area contributed by atoms with E-state index in [0.717, 1.165) is 22.3 Å². The molecule has 0 bridgehead atoms. The van der Waals surface area contributed by atoms with Gasteiger partial charge in [-0.05, 0) is 69.1 Å². The molecule has 0 saturated carbocycles. The van der Waals surface area contributed by atoms with Gasteiger partial charge in [0, 0.05) is 24.2 Å². The van der Waals surface area contributed by atoms with Crippen LogP contribution in [0.25, 0.3) is 12.2 Å². The average molecular weight is 345 g/mol. The maximum absolute atomic E-state index is 13.1. The fourth-order valence-corrected chi connectivity index (χ4v) is 3.56. The minimum atomic E-state index is 0.169. The first-order chi connectivity index (χ1) is 12.3. The van der Waals surface area contributed by atoms with Crippen LogP contribution in [0.2, 0.25) is 0 Å². The van der Waals surface area contributed by atoms with Crippen LogP contribution in [0.15, 0.2) is 47.5 Å². The number of ketones is 1. The van der Waals surface area contributed by atoms with E-state index < -0.39 is 0 Å². The molecule has 2 heteroatoms. The number of aryl methyl sites for hydroxylation is 4. The van der Waals surface area contributed by atoms with Crippen LogP contribution in [-0.2, 0) is 4.79 Å². The molecule has 134 valence electrons. The molecule has 0 N–H and O–H groups in total. The van der Waals surface area contributed by atoms with Gasteiger partial charge in [-0.1, -0.05) is 47.5 Å². The SMILES string of the molecule is Cc1ccc(C=C2CN(C)C/C(=C\c3ccc(C)cc3C)C2=O)c(C)c1. The zero-order valence-electron chi connectivity index (χ0n) is 16.4. The predicted molar refractivity (Wildman–Crippen MR) is 110 cm³/mol. The van der Waals surface area contributed by atoms with Crippen molar-refractivity contribution in [1.82, 2.24) is 4.90 Å². The van der Waals surface area contributed by atoms with Crippen LogP contribution in [0.4, 0.5) is 0 Å². The van der Waals surface area contributed by atoms with Crippen LogP contribution in [0.5, 0.6) is 0 Å². The number of nitrogens with zero attached hydrogens (tertiary/aromatic N) is 1. The lowest BCUT2D eigenvalue weighted by Gasteiger charge is -2.26. The Bertz CT molecular complexity index is 844. The van der Waals surface area contributed by atoms with E-state index >= 15 is 0 Å². The standard InChI is InChI=1S/C24H27NO/c1-16-6-8-20(18(3)10-16)12-22-14-25(5)15-23(24(22)26)13-21-9-7-17(2)11-19(21)4/h6-13H,14-15H2,1-5H3/b22-12+,23-13?. The van der Waals surface area contributed by atoms with Crippen LogP contribution in [0, 0.1) is 27.7 Å². The Morgan fingerprint density at radius 2 is 1.19 bits per heavy atom. The van der Waals surface area contributed by atoms with E-state index in [2.05, 4.69) is 88.2 Å². The van der Waals surface area contributed by atoms with Crippen molar-refractivity contribution in [2.75, 3.05) is 20.1 Å². The number of rotatable bonds is 2. The Morgan fingerprint density at radius 3 is 1.58 bits per heavy atom. The van der Waals surface area contributed by atoms with Crippen LogP contribution in [0.1, 0.15) is 33.4 Å². The molecule has 0 spiro atoms. The first-order valence-electron chi connectivity index (χ1n) is 9.12. The molecule has 0 atom stereocenters. The van der Waals surface area contributed by atoms with E-state index in [9.17, 15) is 4.79 Å². The topological polar surface area (TPSA) is 20.3 Å². The van der Waals surface area contributed by atoms with Gasteiger partial charge in [-0.2, -0.15) is 0 Å². The second-order valence-electron chi connectivity index (χ2n) is 7.56. The van der Waals surface area contributed by atoms with Crippen molar-refractivity contribution in [1.29, 1.82) is 0 Å². The van der Waals surface area contributed by atoms with Gasteiger partial charge in [0.2, 0.25) is 0 Å². The van der Waals surface area contributed by atoms with Gasteiger partial charge in [-0.25, -0.2) is 0 Å². The molecule has 3 rings (SSSR count). The van der Waals surface area contributed by atoms with Crippen LogP contribution >= 0.6 is 0 Å². The van der Waals surface area contributed by atoms with Crippen molar-refractivity contribution < 1.29 is 4.79 Å². The smallest absolute Gasteiger partial charge is 0.187 e. The number of Topliss-reactive ketones (excluding diaryl/α,β-unsaturated/α-hetero) is 1. The fourth-order valence-electron chi connectivity index (χ4n) is 3.56. The zero-order chi connectivity index (χ0) is 18.8. The Kier molecular flexibility index (Phi) is 5.24. The van der Waals surface area contributed by atoms with Crippen LogP contribution < -0.4 is 0 Å². The highest BCUT2D eigenvalue weighted by Gasteiger charge is 2.24. The lowest BCUT2D eigenvalue weighted by atomic mass is 9.92. The Morgan fingerprint density at radius 1 is 0.769 bits per heavy atom. The van der Waals surface area contributed by atoms with E-state index in [4.69, 9.17) is 0 Å². The molecule has 0 unspecified atom stereocenters. The highest BCUT2D eigenvalue weighted by molar-refractivity contribution is 6.14. The quantitative estimate of drug-likeness (QED) is 0.722. The number of piperidine rings is 1. The summed E-state index contributed by atoms with van der Waals surface area (Å²) in [5.41, 5.74) is 8.87.